The van der Waals surface area contributed by atoms with Crippen LogP contribution in [0.25, 0.3) is 0 Å². The van der Waals surface area contributed by atoms with Gasteiger partial charge >= 0.3 is 0 Å². The van der Waals surface area contributed by atoms with Crippen LogP contribution in [-0.2, 0) is 14.3 Å². The number of hydrogen-bond acceptors (Lipinski definition) is 8. The molecule has 7 atom stereocenters. The minimum Gasteiger partial charge on any atom is -0.394 e. The van der Waals surface area contributed by atoms with Crippen LogP contribution in [0.1, 0.15) is 380 Å². The molecule has 0 aromatic heterocycles. The summed E-state index contributed by atoms with van der Waals surface area (Å²) < 4.78 is 11.3. The molecule has 1 saturated heterocycles. The van der Waals surface area contributed by atoms with Gasteiger partial charge in [-0.05, 0) is 57.8 Å². The van der Waals surface area contributed by atoms with E-state index in [9.17, 15) is 30.3 Å². The standard InChI is InChI=1S/C75H143NO8/c1-3-5-7-9-11-13-15-17-19-21-23-25-27-29-30-31-32-33-34-35-36-37-38-39-40-41-43-45-47-49-51-53-55-57-59-61-63-65-71(79)76-68(67-83-75-74(82)73(81)72(80)70(66-77)84-75)69(78)64-62-60-58-56-54-52-50-48-46-44-42-28-26-24-22-20-18-16-14-12-10-8-6-4-2/h21,23,54,56,62,64,68-70,72-75,77-78,80-82H,3-20,22,24-53,55,57-61,63,65-67H2,1-2H3,(H,76,79)/b23-21-,56-54+,64-62+. The average molecular weight is 1190 g/mol. The Morgan fingerprint density at radius 2 is 0.679 bits per heavy atom. The van der Waals surface area contributed by atoms with Crippen LogP contribution >= 0.6 is 0 Å². The van der Waals surface area contributed by atoms with Gasteiger partial charge in [0.05, 0.1) is 25.4 Å². The molecule has 1 rings (SSSR count). The second-order valence-corrected chi connectivity index (χ2v) is 26.1. The van der Waals surface area contributed by atoms with E-state index in [1.165, 1.54) is 321 Å². The number of unbranched alkanes of at least 4 members (excludes halogenated alkanes) is 52. The van der Waals surface area contributed by atoms with Gasteiger partial charge in [0.2, 0.25) is 5.91 Å². The van der Waals surface area contributed by atoms with Crippen molar-refractivity contribution < 1.29 is 39.8 Å². The number of nitrogens with one attached hydrogen (secondary N) is 1. The number of carbonyl (C=O) groups excluding carboxylic acids is 1. The van der Waals surface area contributed by atoms with Gasteiger partial charge in [0.1, 0.15) is 24.4 Å². The first kappa shape index (κ1) is 80.4. The Labute approximate surface area is 521 Å². The Bertz CT molecular complexity index is 1420. The molecule has 1 aliphatic heterocycles. The van der Waals surface area contributed by atoms with E-state index >= 15 is 0 Å². The van der Waals surface area contributed by atoms with Crippen LogP contribution in [0.2, 0.25) is 0 Å². The van der Waals surface area contributed by atoms with Gasteiger partial charge in [-0.2, -0.15) is 0 Å². The smallest absolute Gasteiger partial charge is 0.220 e. The summed E-state index contributed by atoms with van der Waals surface area (Å²) in [5.74, 6) is -0.178. The molecule has 496 valence electrons. The van der Waals surface area contributed by atoms with E-state index in [1.807, 2.05) is 6.08 Å². The topological polar surface area (TPSA) is 149 Å². The summed E-state index contributed by atoms with van der Waals surface area (Å²) in [6, 6.07) is -0.821. The van der Waals surface area contributed by atoms with E-state index < -0.39 is 49.5 Å². The minimum atomic E-state index is -1.57. The molecule has 0 radical (unpaired) electrons. The molecule has 1 amide bonds. The maximum absolute atomic E-state index is 13.1. The molecule has 0 aromatic carbocycles. The molecule has 0 spiro atoms. The first-order chi connectivity index (χ1) is 41.3. The molecule has 6 N–H and O–H groups in total. The highest BCUT2D eigenvalue weighted by Crippen LogP contribution is 2.24. The van der Waals surface area contributed by atoms with Gasteiger partial charge in [-0.3, -0.25) is 4.79 Å². The second kappa shape index (κ2) is 64.4. The van der Waals surface area contributed by atoms with E-state index in [4.69, 9.17) is 9.47 Å². The highest BCUT2D eigenvalue weighted by molar-refractivity contribution is 5.76. The molecule has 1 heterocycles. The largest absolute Gasteiger partial charge is 0.394 e. The molecule has 9 heteroatoms. The fourth-order valence-electron chi connectivity index (χ4n) is 12.1. The Kier molecular flexibility index (Phi) is 61.7. The van der Waals surface area contributed by atoms with Crippen LogP contribution in [0.5, 0.6) is 0 Å². The summed E-state index contributed by atoms with van der Waals surface area (Å²) in [5.41, 5.74) is 0. The van der Waals surface area contributed by atoms with Crippen molar-refractivity contribution in [1.29, 1.82) is 0 Å². The van der Waals surface area contributed by atoms with Gasteiger partial charge in [0, 0.05) is 6.42 Å². The monoisotopic (exact) mass is 1190 g/mol. The first-order valence-electron chi connectivity index (χ1n) is 37.2. The quantitative estimate of drug-likeness (QED) is 0.0261. The Balaban J connectivity index is 2.08. The third-order valence-corrected chi connectivity index (χ3v) is 17.9. The normalized spacial score (nSPS) is 18.3. The van der Waals surface area contributed by atoms with Gasteiger partial charge in [0.25, 0.3) is 0 Å². The van der Waals surface area contributed by atoms with Gasteiger partial charge in [-0.25, -0.2) is 0 Å². The van der Waals surface area contributed by atoms with Crippen LogP contribution in [-0.4, -0.2) is 87.5 Å². The summed E-state index contributed by atoms with van der Waals surface area (Å²) in [6.07, 6.45) is 80.0. The van der Waals surface area contributed by atoms with E-state index in [-0.39, 0.29) is 12.5 Å². The van der Waals surface area contributed by atoms with Crippen LogP contribution in [0.4, 0.5) is 0 Å². The van der Waals surface area contributed by atoms with E-state index in [1.54, 1.807) is 6.08 Å². The molecule has 1 aliphatic rings. The lowest BCUT2D eigenvalue weighted by Crippen LogP contribution is -2.60. The van der Waals surface area contributed by atoms with Gasteiger partial charge < -0.3 is 40.3 Å². The molecule has 0 bridgehead atoms. The highest BCUT2D eigenvalue weighted by Gasteiger charge is 2.44. The third kappa shape index (κ3) is 52.4. The molecule has 84 heavy (non-hydrogen) atoms. The van der Waals surface area contributed by atoms with Crippen molar-refractivity contribution in [3.63, 3.8) is 0 Å². The molecule has 7 unspecified atom stereocenters. The summed E-state index contributed by atoms with van der Waals surface area (Å²) in [6.45, 7) is 3.82. The van der Waals surface area contributed by atoms with Crippen LogP contribution < -0.4 is 5.32 Å². The van der Waals surface area contributed by atoms with E-state index in [0.29, 0.717) is 6.42 Å². The number of aliphatic hydroxyl groups excluding tert-OH is 5. The third-order valence-electron chi connectivity index (χ3n) is 17.9. The molecule has 0 saturated carbocycles. The summed E-state index contributed by atoms with van der Waals surface area (Å²) in [5, 5.41) is 54.8. The predicted octanol–water partition coefficient (Wildman–Crippen LogP) is 20.6. The number of ether oxygens (including phenoxy) is 2. The van der Waals surface area contributed by atoms with Crippen LogP contribution in [0, 0.1) is 0 Å². The SMILES string of the molecule is CCCCCCCCCC/C=C\CCCCCCCCCCCCCCCCCCCCCCCCCCCC(=O)NC(COC1OC(CO)C(O)C(O)C1O)C(O)/C=C/CC/C=C/CCCCCCCCCCCCCCCCCCCC. The lowest BCUT2D eigenvalue weighted by atomic mass is 9.99. The van der Waals surface area contributed by atoms with Gasteiger partial charge in [-0.15, -0.1) is 0 Å². The zero-order valence-electron chi connectivity index (χ0n) is 55.7. The number of aliphatic hydroxyl groups is 5. The molecule has 0 aromatic rings. The first-order valence-corrected chi connectivity index (χ1v) is 37.2. The van der Waals surface area contributed by atoms with Crippen molar-refractivity contribution in [3.8, 4) is 0 Å². The molecule has 1 fully saturated rings. The fourth-order valence-corrected chi connectivity index (χ4v) is 12.1. The predicted molar refractivity (Wildman–Crippen MR) is 360 cm³/mol. The number of hydrogen-bond donors (Lipinski definition) is 6. The summed E-state index contributed by atoms with van der Waals surface area (Å²) in [7, 11) is 0. The zero-order chi connectivity index (χ0) is 60.7. The molecule has 9 nitrogen and oxygen atoms in total. The lowest BCUT2D eigenvalue weighted by Gasteiger charge is -2.40. The zero-order valence-corrected chi connectivity index (χ0v) is 55.7. The van der Waals surface area contributed by atoms with Crippen molar-refractivity contribution in [2.75, 3.05) is 13.2 Å². The lowest BCUT2D eigenvalue weighted by molar-refractivity contribution is -0.302. The maximum atomic E-state index is 13.1. The van der Waals surface area contributed by atoms with E-state index in [0.717, 1.165) is 38.5 Å². The number of carbonyl (C=O) groups is 1. The van der Waals surface area contributed by atoms with Gasteiger partial charge in [-0.1, -0.05) is 352 Å². The van der Waals surface area contributed by atoms with Crippen LogP contribution in [0.15, 0.2) is 36.5 Å². The van der Waals surface area contributed by atoms with Gasteiger partial charge in [0.15, 0.2) is 6.29 Å². The second-order valence-electron chi connectivity index (χ2n) is 26.1. The number of amides is 1. The molecule has 0 aliphatic carbocycles. The molecular formula is C75H143NO8. The Hall–Kier alpha value is -1.59. The van der Waals surface area contributed by atoms with E-state index in [2.05, 4.69) is 43.5 Å². The maximum Gasteiger partial charge on any atom is 0.220 e. The summed E-state index contributed by atoms with van der Waals surface area (Å²) in [4.78, 5) is 13.1. The molecular weight excluding hydrogens is 1040 g/mol. The summed E-state index contributed by atoms with van der Waals surface area (Å²) >= 11 is 0. The number of rotatable bonds is 66. The van der Waals surface area contributed by atoms with Crippen molar-refractivity contribution in [3.05, 3.63) is 36.5 Å². The van der Waals surface area contributed by atoms with Crippen molar-refractivity contribution in [2.24, 2.45) is 0 Å². The van der Waals surface area contributed by atoms with Crippen molar-refractivity contribution in [1.82, 2.24) is 5.32 Å². The Morgan fingerprint density at radius 3 is 1.00 bits per heavy atom. The number of allylic oxidation sites excluding steroid dienone is 5. The highest BCUT2D eigenvalue weighted by atomic mass is 16.7. The van der Waals surface area contributed by atoms with Crippen molar-refractivity contribution >= 4 is 5.91 Å². The Morgan fingerprint density at radius 1 is 0.393 bits per heavy atom. The minimum absolute atomic E-state index is 0.178. The fraction of sp³-hybridized carbons (Fsp3) is 0.907. The van der Waals surface area contributed by atoms with Crippen molar-refractivity contribution in [2.45, 2.75) is 423 Å². The van der Waals surface area contributed by atoms with Crippen LogP contribution in [0.3, 0.4) is 0 Å². The average Bonchev–Trinajstić information content (AvgIpc) is 3.70.